The van der Waals surface area contributed by atoms with E-state index in [0.717, 1.165) is 5.56 Å². The number of nitrogens with one attached hydrogen (secondary N) is 1. The number of carbonyl (C=O) groups is 2. The van der Waals surface area contributed by atoms with Gasteiger partial charge in [0, 0.05) is 0 Å². The Balaban J connectivity index is 1.83. The largest absolute Gasteiger partial charge is 0.497 e. The lowest BCUT2D eigenvalue weighted by atomic mass is 10.1. The molecule has 0 spiro atoms. The molecule has 0 aromatic heterocycles. The first-order chi connectivity index (χ1) is 12.5. The molecule has 1 fully saturated rings. The lowest BCUT2D eigenvalue weighted by Gasteiger charge is -2.14. The Hall–Kier alpha value is -3.19. The summed E-state index contributed by atoms with van der Waals surface area (Å²) in [5.41, 5.74) is 2.21. The molecule has 1 aliphatic rings. The smallest absolute Gasteiger partial charge is 0.337 e. The summed E-state index contributed by atoms with van der Waals surface area (Å²) in [7, 11) is 2.91. The quantitative estimate of drug-likeness (QED) is 0.508. The molecule has 6 nitrogen and oxygen atoms in total. The topological polar surface area (TPSA) is 67.9 Å². The number of thiocarbonyl (C=S) groups is 1. The monoisotopic (exact) mass is 368 g/mol. The van der Waals surface area contributed by atoms with Gasteiger partial charge in [-0.15, -0.1) is 0 Å². The van der Waals surface area contributed by atoms with Crippen molar-refractivity contribution >= 4 is 41.0 Å². The van der Waals surface area contributed by atoms with Crippen molar-refractivity contribution in [3.8, 4) is 5.75 Å². The Morgan fingerprint density at radius 1 is 1.08 bits per heavy atom. The van der Waals surface area contributed by atoms with Gasteiger partial charge in [0.05, 0.1) is 25.5 Å². The lowest BCUT2D eigenvalue weighted by molar-refractivity contribution is -0.113. The van der Waals surface area contributed by atoms with E-state index in [1.807, 2.05) is 0 Å². The number of ether oxygens (including phenoxy) is 2. The summed E-state index contributed by atoms with van der Waals surface area (Å²) in [5.74, 6) is 0.0316. The predicted molar refractivity (Wildman–Crippen MR) is 102 cm³/mol. The van der Waals surface area contributed by atoms with Crippen molar-refractivity contribution in [1.29, 1.82) is 0 Å². The summed E-state index contributed by atoms with van der Waals surface area (Å²) < 4.78 is 9.79. The van der Waals surface area contributed by atoms with Gasteiger partial charge in [-0.25, -0.2) is 4.79 Å². The van der Waals surface area contributed by atoms with Crippen molar-refractivity contribution in [3.05, 3.63) is 65.4 Å². The number of anilines is 1. The molecule has 0 radical (unpaired) electrons. The second-order valence-corrected chi connectivity index (χ2v) is 5.83. The fourth-order valence-corrected chi connectivity index (χ4v) is 2.80. The van der Waals surface area contributed by atoms with Crippen LogP contribution in [0.4, 0.5) is 5.69 Å². The number of nitrogens with zero attached hydrogens (tertiary/aromatic N) is 1. The van der Waals surface area contributed by atoms with Crippen LogP contribution < -0.4 is 15.0 Å². The number of methoxy groups -OCH3 is 2. The van der Waals surface area contributed by atoms with Crippen molar-refractivity contribution in [2.24, 2.45) is 0 Å². The van der Waals surface area contributed by atoms with E-state index in [2.05, 4.69) is 10.1 Å². The van der Waals surface area contributed by atoms with E-state index in [9.17, 15) is 9.59 Å². The molecule has 1 saturated heterocycles. The van der Waals surface area contributed by atoms with Crippen LogP contribution in [0.25, 0.3) is 6.08 Å². The summed E-state index contributed by atoms with van der Waals surface area (Å²) in [4.78, 5) is 25.6. The summed E-state index contributed by atoms with van der Waals surface area (Å²) in [6.07, 6.45) is 1.68. The number of benzene rings is 2. The highest BCUT2D eigenvalue weighted by Gasteiger charge is 2.31. The van der Waals surface area contributed by atoms with Crippen LogP contribution in [0.2, 0.25) is 0 Å². The van der Waals surface area contributed by atoms with E-state index in [1.165, 1.54) is 12.0 Å². The molecule has 1 N–H and O–H groups in total. The van der Waals surface area contributed by atoms with Crippen molar-refractivity contribution in [2.45, 2.75) is 0 Å². The van der Waals surface area contributed by atoms with Crippen molar-refractivity contribution in [3.63, 3.8) is 0 Å². The molecular weight excluding hydrogens is 352 g/mol. The third-order valence-corrected chi connectivity index (χ3v) is 4.14. The first-order valence-electron chi connectivity index (χ1n) is 7.73. The number of esters is 1. The average Bonchev–Trinajstić information content (AvgIpc) is 2.95. The molecular formula is C19H16N2O4S. The van der Waals surface area contributed by atoms with E-state index >= 15 is 0 Å². The van der Waals surface area contributed by atoms with Gasteiger partial charge in [0.1, 0.15) is 11.4 Å². The minimum Gasteiger partial charge on any atom is -0.497 e. The lowest BCUT2D eigenvalue weighted by Crippen LogP contribution is -2.30. The maximum absolute atomic E-state index is 12.7. The minimum absolute atomic E-state index is 0.253. The molecule has 0 unspecified atom stereocenters. The van der Waals surface area contributed by atoms with Crippen LogP contribution in [0, 0.1) is 0 Å². The van der Waals surface area contributed by atoms with Crippen LogP contribution in [0.5, 0.6) is 5.75 Å². The zero-order valence-corrected chi connectivity index (χ0v) is 15.0. The minimum atomic E-state index is -0.411. The molecule has 0 aliphatic carbocycles. The van der Waals surface area contributed by atoms with Crippen molar-refractivity contribution < 1.29 is 19.1 Å². The molecule has 0 bridgehead atoms. The summed E-state index contributed by atoms with van der Waals surface area (Å²) in [6, 6.07) is 13.8. The van der Waals surface area contributed by atoms with Crippen LogP contribution in [0.1, 0.15) is 15.9 Å². The van der Waals surface area contributed by atoms with E-state index in [0.29, 0.717) is 27.8 Å². The fraction of sp³-hybridized carbons (Fsp3) is 0.105. The normalized spacial score (nSPS) is 15.2. The van der Waals surface area contributed by atoms with Crippen molar-refractivity contribution in [1.82, 2.24) is 5.32 Å². The number of rotatable bonds is 4. The van der Waals surface area contributed by atoms with Gasteiger partial charge in [0.15, 0.2) is 5.11 Å². The van der Waals surface area contributed by atoms with Crippen molar-refractivity contribution in [2.75, 3.05) is 19.1 Å². The SMILES string of the molecule is COC(=O)c1ccc(/C=C2/NC(=S)N(c3ccc(OC)cc3)C2=O)cc1. The second kappa shape index (κ2) is 7.37. The molecule has 2 aromatic rings. The standard InChI is InChI=1S/C19H16N2O4S/c1-24-15-9-7-14(8-10-15)21-17(22)16(20-19(21)26)11-12-3-5-13(6-4-12)18(23)25-2/h3-11H,1-2H3,(H,20,26)/b16-11+. The van der Waals surface area contributed by atoms with E-state index in [4.69, 9.17) is 17.0 Å². The first kappa shape index (κ1) is 17.6. The summed E-state index contributed by atoms with van der Waals surface area (Å²) in [6.45, 7) is 0. The predicted octanol–water partition coefficient (Wildman–Crippen LogP) is 2.74. The second-order valence-electron chi connectivity index (χ2n) is 5.44. The summed E-state index contributed by atoms with van der Waals surface area (Å²) >= 11 is 5.29. The van der Waals surface area contributed by atoms with E-state index in [1.54, 1.807) is 61.7 Å². The van der Waals surface area contributed by atoms with Gasteiger partial charge in [-0.1, -0.05) is 12.1 Å². The van der Waals surface area contributed by atoms with Crippen LogP contribution in [0.15, 0.2) is 54.2 Å². The molecule has 1 heterocycles. The number of hydrogen-bond acceptors (Lipinski definition) is 5. The Bertz CT molecular complexity index is 889. The highest BCUT2D eigenvalue weighted by Crippen LogP contribution is 2.24. The molecule has 1 amide bonds. The number of amides is 1. The van der Waals surface area contributed by atoms with Gasteiger partial charge >= 0.3 is 5.97 Å². The Morgan fingerprint density at radius 3 is 2.31 bits per heavy atom. The summed E-state index contributed by atoms with van der Waals surface area (Å²) in [5, 5.41) is 3.23. The molecule has 26 heavy (non-hydrogen) atoms. The highest BCUT2D eigenvalue weighted by atomic mass is 32.1. The molecule has 2 aromatic carbocycles. The molecule has 1 aliphatic heterocycles. The molecule has 132 valence electrons. The van der Waals surface area contributed by atoms with E-state index in [-0.39, 0.29) is 5.91 Å². The van der Waals surface area contributed by atoms with Crippen LogP contribution in [-0.2, 0) is 9.53 Å². The number of hydrogen-bond donors (Lipinski definition) is 1. The van der Waals surface area contributed by atoms with Gasteiger partial charge < -0.3 is 14.8 Å². The van der Waals surface area contributed by atoms with Gasteiger partial charge in [0.25, 0.3) is 5.91 Å². The molecule has 0 saturated carbocycles. The molecule has 7 heteroatoms. The zero-order chi connectivity index (χ0) is 18.7. The molecule has 0 atom stereocenters. The van der Waals surface area contributed by atoms with Gasteiger partial charge in [0.2, 0.25) is 0 Å². The highest BCUT2D eigenvalue weighted by molar-refractivity contribution is 7.80. The average molecular weight is 368 g/mol. The van der Waals surface area contributed by atoms with E-state index < -0.39 is 5.97 Å². The van der Waals surface area contributed by atoms with Crippen LogP contribution >= 0.6 is 12.2 Å². The van der Waals surface area contributed by atoms with Gasteiger partial charge in [-0.05, 0) is 60.3 Å². The third-order valence-electron chi connectivity index (χ3n) is 3.85. The number of carbonyl (C=O) groups excluding carboxylic acids is 2. The maximum Gasteiger partial charge on any atom is 0.337 e. The van der Waals surface area contributed by atoms with Crippen LogP contribution in [-0.4, -0.2) is 31.2 Å². The Labute approximate surface area is 156 Å². The Kier molecular flexibility index (Phi) is 4.99. The first-order valence-corrected chi connectivity index (χ1v) is 8.14. The third kappa shape index (κ3) is 3.43. The Morgan fingerprint density at radius 2 is 1.73 bits per heavy atom. The van der Waals surface area contributed by atoms with Gasteiger partial charge in [-0.3, -0.25) is 9.69 Å². The molecule has 3 rings (SSSR count). The fourth-order valence-electron chi connectivity index (χ4n) is 2.50. The van der Waals surface area contributed by atoms with Gasteiger partial charge in [-0.2, -0.15) is 0 Å². The van der Waals surface area contributed by atoms with Crippen LogP contribution in [0.3, 0.4) is 0 Å². The maximum atomic E-state index is 12.7. The zero-order valence-electron chi connectivity index (χ0n) is 14.2.